The van der Waals surface area contributed by atoms with Crippen LogP contribution in [0.15, 0.2) is 18.2 Å². The van der Waals surface area contributed by atoms with Gasteiger partial charge in [-0.15, -0.1) is 0 Å². The van der Waals surface area contributed by atoms with Crippen molar-refractivity contribution in [3.63, 3.8) is 0 Å². The molecule has 0 aliphatic carbocycles. The topological polar surface area (TPSA) is 21.7 Å². The Morgan fingerprint density at radius 1 is 1.18 bits per heavy atom. The maximum Gasteiger partial charge on any atom is 0.165 e. The van der Waals surface area contributed by atoms with Crippen molar-refractivity contribution in [1.82, 2.24) is 4.90 Å². The number of ether oxygens (including phenoxy) is 2. The van der Waals surface area contributed by atoms with Crippen LogP contribution < -0.4 is 9.47 Å². The van der Waals surface area contributed by atoms with E-state index in [2.05, 4.69) is 18.0 Å². The molecule has 2 rings (SSSR count). The van der Waals surface area contributed by atoms with Crippen molar-refractivity contribution in [1.29, 1.82) is 0 Å². The summed E-state index contributed by atoms with van der Waals surface area (Å²) in [6, 6.07) is 6.59. The molecule has 1 saturated heterocycles. The van der Waals surface area contributed by atoms with Crippen molar-refractivity contribution < 1.29 is 9.47 Å². The van der Waals surface area contributed by atoms with E-state index in [1.165, 1.54) is 24.8 Å². The molecule has 1 aliphatic heterocycles. The Kier molecular flexibility index (Phi) is 3.89. The zero-order valence-corrected chi connectivity index (χ0v) is 10.9. The van der Waals surface area contributed by atoms with Crippen LogP contribution in [0.4, 0.5) is 0 Å². The molecule has 0 bridgehead atoms. The van der Waals surface area contributed by atoms with Gasteiger partial charge in [-0.1, -0.05) is 18.6 Å². The molecular weight excluding hydrogens is 214 g/mol. The number of para-hydroxylation sites is 1. The fraction of sp³-hybridized carbons (Fsp3) is 0.571. The highest BCUT2D eigenvalue weighted by molar-refractivity contribution is 5.48. The Bertz CT molecular complexity index is 378. The molecule has 3 nitrogen and oxygen atoms in total. The summed E-state index contributed by atoms with van der Waals surface area (Å²) in [5.41, 5.74) is 1.24. The summed E-state index contributed by atoms with van der Waals surface area (Å²) in [5.74, 6) is 1.71. The number of benzene rings is 1. The highest BCUT2D eigenvalue weighted by Crippen LogP contribution is 2.39. The van der Waals surface area contributed by atoms with E-state index in [0.29, 0.717) is 6.04 Å². The van der Waals surface area contributed by atoms with Crippen LogP contribution in [0.2, 0.25) is 0 Å². The Hall–Kier alpha value is -1.22. The van der Waals surface area contributed by atoms with E-state index in [1.54, 1.807) is 14.2 Å². The molecule has 94 valence electrons. The van der Waals surface area contributed by atoms with Crippen LogP contribution in [0.1, 0.15) is 30.9 Å². The summed E-state index contributed by atoms with van der Waals surface area (Å²) in [5, 5.41) is 0. The first kappa shape index (κ1) is 12.2. The van der Waals surface area contributed by atoms with E-state index in [4.69, 9.17) is 9.47 Å². The number of rotatable bonds is 3. The van der Waals surface area contributed by atoms with Crippen LogP contribution in [0.3, 0.4) is 0 Å². The van der Waals surface area contributed by atoms with Crippen LogP contribution >= 0.6 is 0 Å². The molecule has 1 aromatic carbocycles. The molecular formula is C14H21NO2. The number of piperidine rings is 1. The largest absolute Gasteiger partial charge is 0.493 e. The summed E-state index contributed by atoms with van der Waals surface area (Å²) in [6.45, 7) is 1.16. The standard InChI is InChI=1S/C14H21NO2/c1-15-10-5-4-8-12(15)11-7-6-9-13(16-2)14(11)17-3/h6-7,9,12H,4-5,8,10H2,1-3H3. The molecule has 17 heavy (non-hydrogen) atoms. The Morgan fingerprint density at radius 2 is 2.00 bits per heavy atom. The number of nitrogens with zero attached hydrogens (tertiary/aromatic N) is 1. The Morgan fingerprint density at radius 3 is 2.65 bits per heavy atom. The molecule has 0 N–H and O–H groups in total. The van der Waals surface area contributed by atoms with Gasteiger partial charge in [0.15, 0.2) is 11.5 Å². The lowest BCUT2D eigenvalue weighted by Crippen LogP contribution is -2.29. The molecule has 1 atom stereocenters. The van der Waals surface area contributed by atoms with E-state index in [0.717, 1.165) is 18.0 Å². The lowest BCUT2D eigenvalue weighted by atomic mass is 9.95. The van der Waals surface area contributed by atoms with Crippen molar-refractivity contribution in [2.24, 2.45) is 0 Å². The number of likely N-dealkylation sites (tertiary alicyclic amines) is 1. The van der Waals surface area contributed by atoms with E-state index in [1.807, 2.05) is 12.1 Å². The quantitative estimate of drug-likeness (QED) is 0.804. The van der Waals surface area contributed by atoms with Crippen LogP contribution in [-0.4, -0.2) is 32.7 Å². The first-order valence-electron chi connectivity index (χ1n) is 6.19. The third kappa shape index (κ3) is 2.39. The van der Waals surface area contributed by atoms with Crippen molar-refractivity contribution in [2.75, 3.05) is 27.8 Å². The SMILES string of the molecule is COc1cccc(C2CCCCN2C)c1OC. The van der Waals surface area contributed by atoms with Crippen molar-refractivity contribution in [3.8, 4) is 11.5 Å². The normalized spacial score (nSPS) is 21.2. The van der Waals surface area contributed by atoms with Crippen LogP contribution in [-0.2, 0) is 0 Å². The van der Waals surface area contributed by atoms with Crippen molar-refractivity contribution in [3.05, 3.63) is 23.8 Å². The zero-order chi connectivity index (χ0) is 12.3. The molecule has 1 fully saturated rings. The minimum atomic E-state index is 0.453. The van der Waals surface area contributed by atoms with Crippen LogP contribution in [0, 0.1) is 0 Å². The monoisotopic (exact) mass is 235 g/mol. The van der Waals surface area contributed by atoms with Gasteiger partial charge in [0.05, 0.1) is 14.2 Å². The van der Waals surface area contributed by atoms with E-state index < -0.39 is 0 Å². The minimum Gasteiger partial charge on any atom is -0.493 e. The minimum absolute atomic E-state index is 0.453. The second kappa shape index (κ2) is 5.41. The summed E-state index contributed by atoms with van der Waals surface area (Å²) < 4.78 is 10.9. The molecule has 0 spiro atoms. The third-order valence-corrected chi connectivity index (χ3v) is 3.56. The molecule has 0 amide bonds. The van der Waals surface area contributed by atoms with Gasteiger partial charge >= 0.3 is 0 Å². The number of hydrogen-bond donors (Lipinski definition) is 0. The van der Waals surface area contributed by atoms with E-state index in [-0.39, 0.29) is 0 Å². The fourth-order valence-electron chi connectivity index (χ4n) is 2.64. The van der Waals surface area contributed by atoms with Gasteiger partial charge in [0.2, 0.25) is 0 Å². The van der Waals surface area contributed by atoms with Gasteiger partial charge in [-0.3, -0.25) is 4.90 Å². The molecule has 1 aliphatic rings. The predicted octanol–water partition coefficient (Wildman–Crippen LogP) is 2.86. The molecule has 1 unspecified atom stereocenters. The number of methoxy groups -OCH3 is 2. The number of hydrogen-bond acceptors (Lipinski definition) is 3. The lowest BCUT2D eigenvalue weighted by Gasteiger charge is -2.33. The highest BCUT2D eigenvalue weighted by Gasteiger charge is 2.24. The van der Waals surface area contributed by atoms with Gasteiger partial charge in [-0.05, 0) is 32.5 Å². The second-order valence-corrected chi connectivity index (χ2v) is 4.57. The molecule has 0 aromatic heterocycles. The van der Waals surface area contributed by atoms with Gasteiger partial charge < -0.3 is 9.47 Å². The summed E-state index contributed by atoms with van der Waals surface area (Å²) in [4.78, 5) is 2.40. The average Bonchev–Trinajstić information content (AvgIpc) is 2.38. The first-order chi connectivity index (χ1) is 8.27. The average molecular weight is 235 g/mol. The maximum atomic E-state index is 5.52. The molecule has 0 saturated carbocycles. The van der Waals surface area contributed by atoms with Crippen molar-refractivity contribution in [2.45, 2.75) is 25.3 Å². The summed E-state index contributed by atoms with van der Waals surface area (Å²) >= 11 is 0. The van der Waals surface area contributed by atoms with Crippen LogP contribution in [0.25, 0.3) is 0 Å². The lowest BCUT2D eigenvalue weighted by molar-refractivity contribution is 0.183. The summed E-state index contributed by atoms with van der Waals surface area (Å²) in [7, 11) is 5.58. The second-order valence-electron chi connectivity index (χ2n) is 4.57. The fourth-order valence-corrected chi connectivity index (χ4v) is 2.64. The third-order valence-electron chi connectivity index (χ3n) is 3.56. The molecule has 0 radical (unpaired) electrons. The van der Waals surface area contributed by atoms with Gasteiger partial charge in [-0.2, -0.15) is 0 Å². The van der Waals surface area contributed by atoms with Crippen molar-refractivity contribution >= 4 is 0 Å². The Labute approximate surface area is 103 Å². The Balaban J connectivity index is 2.36. The molecule has 1 heterocycles. The zero-order valence-electron chi connectivity index (χ0n) is 10.9. The highest BCUT2D eigenvalue weighted by atomic mass is 16.5. The molecule has 1 aromatic rings. The summed E-state index contributed by atoms with van der Waals surface area (Å²) in [6.07, 6.45) is 3.77. The molecule has 3 heteroatoms. The first-order valence-corrected chi connectivity index (χ1v) is 6.19. The smallest absolute Gasteiger partial charge is 0.165 e. The predicted molar refractivity (Wildman–Crippen MR) is 68.8 cm³/mol. The van der Waals surface area contributed by atoms with E-state index >= 15 is 0 Å². The van der Waals surface area contributed by atoms with Gasteiger partial charge in [-0.25, -0.2) is 0 Å². The van der Waals surface area contributed by atoms with E-state index in [9.17, 15) is 0 Å². The maximum absolute atomic E-state index is 5.52. The van der Waals surface area contributed by atoms with Crippen LogP contribution in [0.5, 0.6) is 11.5 Å². The van der Waals surface area contributed by atoms with Gasteiger partial charge in [0.1, 0.15) is 0 Å². The van der Waals surface area contributed by atoms with Gasteiger partial charge in [0, 0.05) is 11.6 Å². The van der Waals surface area contributed by atoms with Gasteiger partial charge in [0.25, 0.3) is 0 Å².